The van der Waals surface area contributed by atoms with E-state index < -0.39 is 0 Å². The second-order valence-corrected chi connectivity index (χ2v) is 5.13. The van der Waals surface area contributed by atoms with Crippen molar-refractivity contribution in [2.45, 2.75) is 6.92 Å². The van der Waals surface area contributed by atoms with E-state index in [0.717, 1.165) is 11.3 Å². The van der Waals surface area contributed by atoms with Gasteiger partial charge in [-0.15, -0.1) is 0 Å². The van der Waals surface area contributed by atoms with Gasteiger partial charge in [-0.1, -0.05) is 17.7 Å². The van der Waals surface area contributed by atoms with Gasteiger partial charge < -0.3 is 15.4 Å². The number of carbonyl (C=O) groups excluding carboxylic acids is 1. The molecule has 0 aliphatic rings. The van der Waals surface area contributed by atoms with Crippen molar-refractivity contribution in [2.24, 2.45) is 0 Å². The van der Waals surface area contributed by atoms with Gasteiger partial charge in [0.25, 0.3) is 5.91 Å². The Kier molecular flexibility index (Phi) is 5.75. The minimum Gasteiger partial charge on any atom is -0.383 e. The van der Waals surface area contributed by atoms with Crippen molar-refractivity contribution >= 4 is 28.9 Å². The van der Waals surface area contributed by atoms with Gasteiger partial charge in [0.15, 0.2) is 0 Å². The molecule has 1 heterocycles. The molecule has 2 aromatic rings. The molecule has 116 valence electrons. The highest BCUT2D eigenvalue weighted by atomic mass is 35.5. The first kappa shape index (κ1) is 16.3. The first-order valence-corrected chi connectivity index (χ1v) is 7.25. The van der Waals surface area contributed by atoms with Crippen LogP contribution in [0.5, 0.6) is 0 Å². The zero-order valence-electron chi connectivity index (χ0n) is 12.5. The van der Waals surface area contributed by atoms with Crippen LogP contribution in [0.25, 0.3) is 0 Å². The van der Waals surface area contributed by atoms with Gasteiger partial charge in [0, 0.05) is 24.4 Å². The number of methoxy groups -OCH3 is 1. The SMILES string of the molecule is COCCNc1ccc(C(=O)Nc2cccc(Cl)c2C)nc1. The van der Waals surface area contributed by atoms with E-state index in [1.807, 2.05) is 13.0 Å². The van der Waals surface area contributed by atoms with Crippen molar-refractivity contribution < 1.29 is 9.53 Å². The number of benzene rings is 1. The minimum atomic E-state index is -0.270. The van der Waals surface area contributed by atoms with Crippen LogP contribution >= 0.6 is 11.6 Å². The van der Waals surface area contributed by atoms with Crippen LogP contribution in [-0.4, -0.2) is 31.2 Å². The number of nitrogens with zero attached hydrogens (tertiary/aromatic N) is 1. The molecule has 0 bridgehead atoms. The summed E-state index contributed by atoms with van der Waals surface area (Å²) >= 11 is 6.04. The number of carbonyl (C=O) groups is 1. The van der Waals surface area contributed by atoms with Gasteiger partial charge >= 0.3 is 0 Å². The summed E-state index contributed by atoms with van der Waals surface area (Å²) in [6.45, 7) is 3.15. The van der Waals surface area contributed by atoms with Gasteiger partial charge in [0.2, 0.25) is 0 Å². The molecule has 1 aromatic heterocycles. The molecule has 0 saturated heterocycles. The van der Waals surface area contributed by atoms with E-state index in [2.05, 4.69) is 15.6 Å². The second-order valence-electron chi connectivity index (χ2n) is 4.72. The number of hydrogen-bond acceptors (Lipinski definition) is 4. The Labute approximate surface area is 134 Å². The van der Waals surface area contributed by atoms with Crippen LogP contribution in [0.4, 0.5) is 11.4 Å². The number of pyridine rings is 1. The van der Waals surface area contributed by atoms with E-state index in [-0.39, 0.29) is 5.91 Å². The largest absolute Gasteiger partial charge is 0.383 e. The molecule has 0 saturated carbocycles. The molecular formula is C16H18ClN3O2. The van der Waals surface area contributed by atoms with E-state index in [4.69, 9.17) is 16.3 Å². The Morgan fingerprint density at radius 1 is 1.32 bits per heavy atom. The van der Waals surface area contributed by atoms with Crippen molar-refractivity contribution in [2.75, 3.05) is 30.9 Å². The van der Waals surface area contributed by atoms with Gasteiger partial charge in [-0.2, -0.15) is 0 Å². The van der Waals surface area contributed by atoms with Gasteiger partial charge in [-0.25, -0.2) is 4.98 Å². The fourth-order valence-electron chi connectivity index (χ4n) is 1.86. The van der Waals surface area contributed by atoms with Crippen LogP contribution in [0.15, 0.2) is 36.5 Å². The lowest BCUT2D eigenvalue weighted by Crippen LogP contribution is -2.15. The summed E-state index contributed by atoms with van der Waals surface area (Å²) in [4.78, 5) is 16.3. The summed E-state index contributed by atoms with van der Waals surface area (Å²) in [7, 11) is 1.64. The summed E-state index contributed by atoms with van der Waals surface area (Å²) in [6, 6.07) is 8.86. The number of hydrogen-bond donors (Lipinski definition) is 2. The normalized spacial score (nSPS) is 10.3. The number of nitrogens with one attached hydrogen (secondary N) is 2. The third kappa shape index (κ3) is 4.19. The molecule has 6 heteroatoms. The quantitative estimate of drug-likeness (QED) is 0.801. The predicted octanol–water partition coefficient (Wildman–Crippen LogP) is 3.35. The molecule has 0 aliphatic carbocycles. The van der Waals surface area contributed by atoms with E-state index in [9.17, 15) is 4.79 Å². The van der Waals surface area contributed by atoms with Crippen LogP contribution < -0.4 is 10.6 Å². The lowest BCUT2D eigenvalue weighted by atomic mass is 10.2. The monoisotopic (exact) mass is 319 g/mol. The molecule has 0 radical (unpaired) electrons. The minimum absolute atomic E-state index is 0.270. The first-order chi connectivity index (χ1) is 10.6. The van der Waals surface area contributed by atoms with Gasteiger partial charge in [-0.05, 0) is 36.8 Å². The molecule has 2 N–H and O–H groups in total. The number of rotatable bonds is 6. The highest BCUT2D eigenvalue weighted by Crippen LogP contribution is 2.23. The van der Waals surface area contributed by atoms with Crippen molar-refractivity contribution in [1.82, 2.24) is 4.98 Å². The van der Waals surface area contributed by atoms with Crippen LogP contribution in [0.2, 0.25) is 5.02 Å². The summed E-state index contributed by atoms with van der Waals surface area (Å²) < 4.78 is 4.95. The Morgan fingerprint density at radius 3 is 2.82 bits per heavy atom. The first-order valence-electron chi connectivity index (χ1n) is 6.87. The Morgan fingerprint density at radius 2 is 2.14 bits per heavy atom. The average Bonchev–Trinajstić information content (AvgIpc) is 2.53. The fraction of sp³-hybridized carbons (Fsp3) is 0.250. The lowest BCUT2D eigenvalue weighted by Gasteiger charge is -2.10. The van der Waals surface area contributed by atoms with Crippen LogP contribution in [0.1, 0.15) is 16.1 Å². The third-order valence-electron chi connectivity index (χ3n) is 3.15. The molecule has 5 nitrogen and oxygen atoms in total. The smallest absolute Gasteiger partial charge is 0.274 e. The number of anilines is 2. The number of aromatic nitrogens is 1. The molecule has 1 aromatic carbocycles. The maximum absolute atomic E-state index is 12.2. The van der Waals surface area contributed by atoms with E-state index in [1.165, 1.54) is 0 Å². The lowest BCUT2D eigenvalue weighted by molar-refractivity contribution is 0.102. The molecule has 0 fully saturated rings. The van der Waals surface area contributed by atoms with Gasteiger partial charge in [0.1, 0.15) is 5.69 Å². The molecule has 0 aliphatic heterocycles. The predicted molar refractivity (Wildman–Crippen MR) is 88.7 cm³/mol. The number of halogens is 1. The Hall–Kier alpha value is -2.11. The second kappa shape index (κ2) is 7.77. The van der Waals surface area contributed by atoms with Crippen LogP contribution in [0.3, 0.4) is 0 Å². The maximum Gasteiger partial charge on any atom is 0.274 e. The van der Waals surface area contributed by atoms with Crippen LogP contribution in [0, 0.1) is 6.92 Å². The average molecular weight is 320 g/mol. The number of ether oxygens (including phenoxy) is 1. The Bertz CT molecular complexity index is 644. The topological polar surface area (TPSA) is 63.2 Å². The molecule has 22 heavy (non-hydrogen) atoms. The highest BCUT2D eigenvalue weighted by molar-refractivity contribution is 6.31. The zero-order chi connectivity index (χ0) is 15.9. The standard InChI is InChI=1S/C16H18ClN3O2/c1-11-13(17)4-3-5-14(11)20-16(21)15-7-6-12(10-19-15)18-8-9-22-2/h3-7,10,18H,8-9H2,1-2H3,(H,20,21). The van der Waals surface area contributed by atoms with Crippen molar-refractivity contribution in [3.63, 3.8) is 0 Å². The molecule has 2 rings (SSSR count). The Balaban J connectivity index is 2.02. The van der Waals surface area contributed by atoms with E-state index in [1.54, 1.807) is 37.6 Å². The highest BCUT2D eigenvalue weighted by Gasteiger charge is 2.10. The molecular weight excluding hydrogens is 302 g/mol. The van der Waals surface area contributed by atoms with Gasteiger partial charge in [-0.3, -0.25) is 4.79 Å². The summed E-state index contributed by atoms with van der Waals surface area (Å²) in [5.41, 5.74) is 2.70. The van der Waals surface area contributed by atoms with Crippen molar-refractivity contribution in [1.29, 1.82) is 0 Å². The van der Waals surface area contributed by atoms with E-state index >= 15 is 0 Å². The maximum atomic E-state index is 12.2. The summed E-state index contributed by atoms with van der Waals surface area (Å²) in [6.07, 6.45) is 1.62. The zero-order valence-corrected chi connectivity index (χ0v) is 13.3. The summed E-state index contributed by atoms with van der Waals surface area (Å²) in [5.74, 6) is -0.270. The molecule has 0 unspecified atom stereocenters. The number of amides is 1. The van der Waals surface area contributed by atoms with Gasteiger partial charge in [0.05, 0.1) is 18.5 Å². The molecule has 1 amide bonds. The van der Waals surface area contributed by atoms with Crippen molar-refractivity contribution in [3.05, 3.63) is 52.8 Å². The van der Waals surface area contributed by atoms with E-state index in [0.29, 0.717) is 29.6 Å². The fourth-order valence-corrected chi connectivity index (χ4v) is 2.03. The van der Waals surface area contributed by atoms with Crippen LogP contribution in [-0.2, 0) is 4.74 Å². The molecule has 0 spiro atoms. The summed E-state index contributed by atoms with van der Waals surface area (Å²) in [5, 5.41) is 6.57. The third-order valence-corrected chi connectivity index (χ3v) is 3.56. The molecule has 0 atom stereocenters. The van der Waals surface area contributed by atoms with Crippen molar-refractivity contribution in [3.8, 4) is 0 Å².